The van der Waals surface area contributed by atoms with Crippen molar-refractivity contribution < 1.29 is 0 Å². The molecule has 0 bridgehead atoms. The zero-order valence-electron chi connectivity index (χ0n) is 11.9. The first-order valence-corrected chi connectivity index (χ1v) is 9.30. The lowest BCUT2D eigenvalue weighted by atomic mass is 9.79. The first-order valence-electron chi connectivity index (χ1n) is 7.43. The molecule has 1 nitrogen and oxygen atoms in total. The molecular weight excluding hydrogens is 437 g/mol. The number of rotatable bonds is 3. The smallest absolute Gasteiger partial charge is 0.0311 e. The van der Waals surface area contributed by atoms with E-state index in [1.165, 1.54) is 39.5 Å². The van der Waals surface area contributed by atoms with Crippen LogP contribution in [-0.2, 0) is 6.42 Å². The summed E-state index contributed by atoms with van der Waals surface area (Å²) in [6.45, 7) is 0. The molecule has 0 fully saturated rings. The molecule has 1 aliphatic carbocycles. The summed E-state index contributed by atoms with van der Waals surface area (Å²) in [6, 6.07) is 15.4. The molecule has 2 N–H and O–H groups in total. The van der Waals surface area contributed by atoms with Crippen LogP contribution in [0.1, 0.15) is 47.9 Å². The average Bonchev–Trinajstić information content (AvgIpc) is 2.50. The van der Waals surface area contributed by atoms with Crippen LogP contribution in [0.4, 0.5) is 0 Å². The predicted octanol–water partition coefficient (Wildman–Crippen LogP) is 5.56. The van der Waals surface area contributed by atoms with Crippen LogP contribution in [0, 0.1) is 3.57 Å². The highest BCUT2D eigenvalue weighted by Gasteiger charge is 2.23. The number of aryl methyl sites for hydroxylation is 1. The normalized spacial score (nSPS) is 19.1. The van der Waals surface area contributed by atoms with E-state index < -0.39 is 0 Å². The minimum atomic E-state index is 0.102. The van der Waals surface area contributed by atoms with Gasteiger partial charge in [-0.3, -0.25) is 0 Å². The Balaban J connectivity index is 1.82. The number of halogens is 2. The molecule has 2 unspecified atom stereocenters. The maximum absolute atomic E-state index is 6.53. The van der Waals surface area contributed by atoms with Crippen molar-refractivity contribution >= 4 is 38.5 Å². The molecule has 2 aromatic carbocycles. The van der Waals surface area contributed by atoms with Gasteiger partial charge < -0.3 is 5.73 Å². The van der Waals surface area contributed by atoms with Gasteiger partial charge in [0.15, 0.2) is 0 Å². The van der Waals surface area contributed by atoms with Crippen molar-refractivity contribution in [3.05, 3.63) is 67.2 Å². The third-order valence-corrected chi connectivity index (χ3v) is 5.87. The van der Waals surface area contributed by atoms with Gasteiger partial charge in [0, 0.05) is 14.1 Å². The molecule has 3 rings (SSSR count). The molecule has 0 saturated carbocycles. The highest BCUT2D eigenvalue weighted by atomic mass is 127. The molecule has 0 saturated heterocycles. The summed E-state index contributed by atoms with van der Waals surface area (Å²) < 4.78 is 2.37. The maximum Gasteiger partial charge on any atom is 0.0311 e. The fourth-order valence-corrected chi connectivity index (χ4v) is 4.45. The fraction of sp³-hybridized carbons (Fsp3) is 0.333. The van der Waals surface area contributed by atoms with Gasteiger partial charge in [-0.1, -0.05) is 40.2 Å². The molecule has 0 spiro atoms. The van der Waals surface area contributed by atoms with Gasteiger partial charge in [0.05, 0.1) is 0 Å². The predicted molar refractivity (Wildman–Crippen MR) is 101 cm³/mol. The lowest BCUT2D eigenvalue weighted by Crippen LogP contribution is -2.18. The average molecular weight is 456 g/mol. The van der Waals surface area contributed by atoms with Crippen LogP contribution in [0.15, 0.2) is 46.9 Å². The molecule has 1 aliphatic rings. The highest BCUT2D eigenvalue weighted by Crippen LogP contribution is 2.38. The Labute approximate surface area is 148 Å². The first-order chi connectivity index (χ1) is 10.1. The first kappa shape index (κ1) is 15.5. The molecule has 0 aliphatic heterocycles. The number of hydrogen-bond donors (Lipinski definition) is 1. The van der Waals surface area contributed by atoms with Crippen LogP contribution < -0.4 is 5.73 Å². The van der Waals surface area contributed by atoms with Gasteiger partial charge in [-0.15, -0.1) is 0 Å². The van der Waals surface area contributed by atoms with Crippen molar-refractivity contribution in [3.63, 3.8) is 0 Å². The van der Waals surface area contributed by atoms with E-state index in [2.05, 4.69) is 81.0 Å². The third kappa shape index (κ3) is 3.51. The molecular formula is C18H19BrIN. The van der Waals surface area contributed by atoms with Crippen molar-refractivity contribution in [2.45, 2.75) is 37.6 Å². The highest BCUT2D eigenvalue weighted by molar-refractivity contribution is 14.1. The molecule has 0 aromatic heterocycles. The van der Waals surface area contributed by atoms with E-state index in [0.717, 1.165) is 10.9 Å². The van der Waals surface area contributed by atoms with Crippen molar-refractivity contribution in [1.29, 1.82) is 0 Å². The summed E-state index contributed by atoms with van der Waals surface area (Å²) in [7, 11) is 0. The number of benzene rings is 2. The minimum absolute atomic E-state index is 0.102. The molecule has 0 radical (unpaired) electrons. The van der Waals surface area contributed by atoms with Gasteiger partial charge in [-0.05, 0) is 89.1 Å². The van der Waals surface area contributed by atoms with Crippen molar-refractivity contribution in [2.24, 2.45) is 5.73 Å². The van der Waals surface area contributed by atoms with E-state index in [-0.39, 0.29) is 6.04 Å². The Morgan fingerprint density at radius 3 is 2.90 bits per heavy atom. The van der Waals surface area contributed by atoms with Gasteiger partial charge in [0.25, 0.3) is 0 Å². The second-order valence-corrected chi connectivity index (χ2v) is 7.87. The summed E-state index contributed by atoms with van der Waals surface area (Å²) in [5, 5.41) is 0. The maximum atomic E-state index is 6.53. The van der Waals surface area contributed by atoms with Crippen LogP contribution in [0.5, 0.6) is 0 Å². The van der Waals surface area contributed by atoms with Crippen LogP contribution >= 0.6 is 38.5 Å². The number of fused-ring (bicyclic) bond motifs is 1. The standard InChI is InChI=1S/C18H19BrIN/c19-14-8-9-17(20)16(11-14)18(21)10-13-6-3-5-12-4-1-2-7-15(12)13/h1-2,4,7-9,11,13,18H,3,5-6,10,21H2. The van der Waals surface area contributed by atoms with E-state index in [1.807, 2.05) is 0 Å². The molecule has 3 heteroatoms. The Morgan fingerprint density at radius 1 is 1.24 bits per heavy atom. The monoisotopic (exact) mass is 455 g/mol. The van der Waals surface area contributed by atoms with Gasteiger partial charge in [-0.2, -0.15) is 0 Å². The van der Waals surface area contributed by atoms with E-state index in [4.69, 9.17) is 5.73 Å². The summed E-state index contributed by atoms with van der Waals surface area (Å²) >= 11 is 5.94. The van der Waals surface area contributed by atoms with Gasteiger partial charge in [0.1, 0.15) is 0 Å². The molecule has 110 valence electrons. The zero-order chi connectivity index (χ0) is 14.8. The van der Waals surface area contributed by atoms with Crippen LogP contribution in [-0.4, -0.2) is 0 Å². The van der Waals surface area contributed by atoms with Crippen molar-refractivity contribution in [3.8, 4) is 0 Å². The summed E-state index contributed by atoms with van der Waals surface area (Å²) in [5.41, 5.74) is 10.8. The summed E-state index contributed by atoms with van der Waals surface area (Å²) in [5.74, 6) is 0.597. The van der Waals surface area contributed by atoms with E-state index in [9.17, 15) is 0 Å². The quantitative estimate of drug-likeness (QED) is 0.602. The van der Waals surface area contributed by atoms with Crippen molar-refractivity contribution in [1.82, 2.24) is 0 Å². The molecule has 21 heavy (non-hydrogen) atoms. The topological polar surface area (TPSA) is 26.0 Å². The van der Waals surface area contributed by atoms with E-state index in [0.29, 0.717) is 5.92 Å². The minimum Gasteiger partial charge on any atom is -0.324 e. The van der Waals surface area contributed by atoms with Gasteiger partial charge >= 0.3 is 0 Å². The largest absolute Gasteiger partial charge is 0.324 e. The Bertz CT molecular complexity index is 641. The van der Waals surface area contributed by atoms with Crippen molar-refractivity contribution in [2.75, 3.05) is 0 Å². The van der Waals surface area contributed by atoms with Gasteiger partial charge in [-0.25, -0.2) is 0 Å². The third-order valence-electron chi connectivity index (χ3n) is 4.39. The Morgan fingerprint density at radius 2 is 2.05 bits per heavy atom. The van der Waals surface area contributed by atoms with Gasteiger partial charge in [0.2, 0.25) is 0 Å². The summed E-state index contributed by atoms with van der Waals surface area (Å²) in [4.78, 5) is 0. The lowest BCUT2D eigenvalue weighted by molar-refractivity contribution is 0.475. The molecule has 0 amide bonds. The zero-order valence-corrected chi connectivity index (χ0v) is 15.6. The van der Waals surface area contributed by atoms with E-state index >= 15 is 0 Å². The SMILES string of the molecule is NC(CC1CCCc2ccccc21)c1cc(Br)ccc1I. The Kier molecular flexibility index (Phi) is 5.02. The fourth-order valence-electron chi connectivity index (χ4n) is 3.33. The van der Waals surface area contributed by atoms with Crippen LogP contribution in [0.3, 0.4) is 0 Å². The molecule has 2 aromatic rings. The van der Waals surface area contributed by atoms with E-state index in [1.54, 1.807) is 0 Å². The molecule has 0 heterocycles. The lowest BCUT2D eigenvalue weighted by Gasteiger charge is -2.28. The second kappa shape index (κ2) is 6.80. The summed E-state index contributed by atoms with van der Waals surface area (Å²) in [6.07, 6.45) is 4.79. The number of nitrogens with two attached hydrogens (primary N) is 1. The number of hydrogen-bond acceptors (Lipinski definition) is 1. The second-order valence-electron chi connectivity index (χ2n) is 5.80. The van der Waals surface area contributed by atoms with Crippen LogP contribution in [0.25, 0.3) is 0 Å². The molecule has 2 atom stereocenters. The van der Waals surface area contributed by atoms with Crippen LogP contribution in [0.2, 0.25) is 0 Å². The Hall–Kier alpha value is -0.390.